The van der Waals surface area contributed by atoms with Crippen molar-refractivity contribution in [3.8, 4) is 0 Å². The molecule has 2 fully saturated rings. The Bertz CT molecular complexity index is 239. The normalized spacial score (nSPS) is 41.8. The molecule has 0 aromatic heterocycles. The molecular formula is C15H26F2O. The van der Waals surface area contributed by atoms with Crippen molar-refractivity contribution in [3.63, 3.8) is 0 Å². The van der Waals surface area contributed by atoms with E-state index < -0.39 is 13.0 Å². The molecule has 18 heavy (non-hydrogen) atoms. The highest BCUT2D eigenvalue weighted by Gasteiger charge is 2.36. The van der Waals surface area contributed by atoms with E-state index in [1.165, 1.54) is 6.42 Å². The zero-order chi connectivity index (χ0) is 13.0. The van der Waals surface area contributed by atoms with Crippen LogP contribution in [-0.4, -0.2) is 19.6 Å². The molecule has 0 amide bonds. The van der Waals surface area contributed by atoms with Crippen LogP contribution < -0.4 is 0 Å². The quantitative estimate of drug-likeness (QED) is 0.722. The van der Waals surface area contributed by atoms with Crippen molar-refractivity contribution < 1.29 is 13.5 Å². The maximum Gasteiger partial charge on any atom is 0.188 e. The first kappa shape index (κ1) is 14.2. The maximum absolute atomic E-state index is 14.1. The van der Waals surface area contributed by atoms with Crippen LogP contribution >= 0.6 is 0 Å². The lowest BCUT2D eigenvalue weighted by atomic mass is 9.69. The Balaban J connectivity index is 1.75. The highest BCUT2D eigenvalue weighted by molar-refractivity contribution is 4.86. The van der Waals surface area contributed by atoms with Gasteiger partial charge in [-0.15, -0.1) is 0 Å². The summed E-state index contributed by atoms with van der Waals surface area (Å²) in [6.07, 6.45) is 6.83. The summed E-state index contributed by atoms with van der Waals surface area (Å²) in [6, 6.07) is 0. The van der Waals surface area contributed by atoms with Crippen molar-refractivity contribution in [2.75, 3.05) is 13.5 Å². The molecule has 0 radical (unpaired) electrons. The van der Waals surface area contributed by atoms with E-state index in [1.54, 1.807) is 0 Å². The lowest BCUT2D eigenvalue weighted by Crippen LogP contribution is -2.33. The highest BCUT2D eigenvalue weighted by atomic mass is 19.1. The Morgan fingerprint density at radius 1 is 1.06 bits per heavy atom. The smallest absolute Gasteiger partial charge is 0.188 e. The zero-order valence-corrected chi connectivity index (χ0v) is 11.4. The standard InChI is InChI=1S/C15H26F2O/c1-11-2-7-14(15(17)8-11)13-5-3-12(4-6-13)9-18-10-16/h11-15H,2-10H2,1H3. The predicted octanol–water partition coefficient (Wildman–Crippen LogP) is 4.51. The van der Waals surface area contributed by atoms with Crippen molar-refractivity contribution in [2.45, 2.75) is 58.0 Å². The van der Waals surface area contributed by atoms with Crippen LogP contribution in [0.25, 0.3) is 0 Å². The van der Waals surface area contributed by atoms with Crippen LogP contribution in [0, 0.1) is 23.7 Å². The topological polar surface area (TPSA) is 9.23 Å². The van der Waals surface area contributed by atoms with Crippen LogP contribution in [0.4, 0.5) is 8.78 Å². The number of hydrogen-bond acceptors (Lipinski definition) is 1. The first-order chi connectivity index (χ1) is 8.70. The molecular weight excluding hydrogens is 234 g/mol. The molecule has 0 aromatic carbocycles. The van der Waals surface area contributed by atoms with E-state index >= 15 is 0 Å². The van der Waals surface area contributed by atoms with Crippen LogP contribution in [0.2, 0.25) is 0 Å². The van der Waals surface area contributed by atoms with Crippen molar-refractivity contribution in [1.29, 1.82) is 0 Å². The van der Waals surface area contributed by atoms with E-state index in [9.17, 15) is 8.78 Å². The van der Waals surface area contributed by atoms with Crippen molar-refractivity contribution in [3.05, 3.63) is 0 Å². The van der Waals surface area contributed by atoms with E-state index in [0.717, 1.165) is 38.5 Å². The van der Waals surface area contributed by atoms with E-state index in [-0.39, 0.29) is 0 Å². The van der Waals surface area contributed by atoms with E-state index in [2.05, 4.69) is 6.92 Å². The molecule has 2 aliphatic carbocycles. The van der Waals surface area contributed by atoms with E-state index in [0.29, 0.717) is 30.3 Å². The number of hydrogen-bond donors (Lipinski definition) is 0. The zero-order valence-electron chi connectivity index (χ0n) is 11.4. The Morgan fingerprint density at radius 2 is 1.78 bits per heavy atom. The third kappa shape index (κ3) is 3.66. The van der Waals surface area contributed by atoms with Gasteiger partial charge in [-0.1, -0.05) is 13.3 Å². The predicted molar refractivity (Wildman–Crippen MR) is 68.8 cm³/mol. The molecule has 0 spiro atoms. The van der Waals surface area contributed by atoms with Crippen molar-refractivity contribution in [1.82, 2.24) is 0 Å². The van der Waals surface area contributed by atoms with Gasteiger partial charge in [-0.05, 0) is 62.2 Å². The molecule has 0 heterocycles. The Hall–Kier alpha value is -0.180. The van der Waals surface area contributed by atoms with Gasteiger partial charge in [-0.25, -0.2) is 8.78 Å². The summed E-state index contributed by atoms with van der Waals surface area (Å²) < 4.78 is 30.9. The van der Waals surface area contributed by atoms with Gasteiger partial charge in [-0.2, -0.15) is 0 Å². The molecule has 0 N–H and O–H groups in total. The number of rotatable bonds is 4. The fourth-order valence-corrected chi connectivity index (χ4v) is 3.86. The molecule has 2 saturated carbocycles. The molecule has 0 bridgehead atoms. The van der Waals surface area contributed by atoms with Gasteiger partial charge in [0.2, 0.25) is 0 Å². The first-order valence-corrected chi connectivity index (χ1v) is 7.48. The van der Waals surface area contributed by atoms with Gasteiger partial charge in [0.05, 0.1) is 6.61 Å². The minimum Gasteiger partial charge on any atom is -0.350 e. The molecule has 3 atom stereocenters. The van der Waals surface area contributed by atoms with E-state index in [1.807, 2.05) is 0 Å². The fraction of sp³-hybridized carbons (Fsp3) is 1.00. The number of alkyl halides is 2. The summed E-state index contributed by atoms with van der Waals surface area (Å²) in [5.74, 6) is 1.92. The van der Waals surface area contributed by atoms with Gasteiger partial charge < -0.3 is 4.74 Å². The Labute approximate surface area is 109 Å². The molecule has 106 valence electrons. The largest absolute Gasteiger partial charge is 0.350 e. The second-order valence-electron chi connectivity index (χ2n) is 6.36. The van der Waals surface area contributed by atoms with Gasteiger partial charge in [0, 0.05) is 0 Å². The van der Waals surface area contributed by atoms with Gasteiger partial charge in [0.1, 0.15) is 6.17 Å². The molecule has 2 aliphatic rings. The summed E-state index contributed by atoms with van der Waals surface area (Å²) in [5.41, 5.74) is 0. The van der Waals surface area contributed by atoms with Crippen LogP contribution in [-0.2, 0) is 4.74 Å². The third-order valence-electron chi connectivity index (χ3n) is 5.01. The molecule has 0 aromatic rings. The van der Waals surface area contributed by atoms with Crippen LogP contribution in [0.15, 0.2) is 0 Å². The fourth-order valence-electron chi connectivity index (χ4n) is 3.86. The summed E-state index contributed by atoms with van der Waals surface area (Å²) >= 11 is 0. The monoisotopic (exact) mass is 260 g/mol. The highest BCUT2D eigenvalue weighted by Crippen LogP contribution is 2.42. The van der Waals surface area contributed by atoms with Crippen LogP contribution in [0.3, 0.4) is 0 Å². The van der Waals surface area contributed by atoms with Gasteiger partial charge in [-0.3, -0.25) is 0 Å². The number of halogens is 2. The van der Waals surface area contributed by atoms with Crippen LogP contribution in [0.5, 0.6) is 0 Å². The average Bonchev–Trinajstić information content (AvgIpc) is 2.37. The second kappa shape index (κ2) is 6.83. The third-order valence-corrected chi connectivity index (χ3v) is 5.01. The summed E-state index contributed by atoms with van der Waals surface area (Å²) in [6.45, 7) is 2.03. The van der Waals surface area contributed by atoms with Crippen molar-refractivity contribution >= 4 is 0 Å². The first-order valence-electron chi connectivity index (χ1n) is 7.48. The van der Waals surface area contributed by atoms with E-state index in [4.69, 9.17) is 4.74 Å². The molecule has 1 nitrogen and oxygen atoms in total. The summed E-state index contributed by atoms with van der Waals surface area (Å²) in [5, 5.41) is 0. The average molecular weight is 260 g/mol. The Morgan fingerprint density at radius 3 is 2.39 bits per heavy atom. The summed E-state index contributed by atoms with van der Waals surface area (Å²) in [7, 11) is 0. The van der Waals surface area contributed by atoms with Crippen LogP contribution in [0.1, 0.15) is 51.9 Å². The molecule has 0 saturated heterocycles. The minimum atomic E-state index is -0.674. The van der Waals surface area contributed by atoms with Gasteiger partial charge >= 0.3 is 0 Å². The minimum absolute atomic E-state index is 0.296. The molecule has 3 unspecified atom stereocenters. The number of ether oxygens (including phenoxy) is 1. The van der Waals surface area contributed by atoms with Gasteiger partial charge in [0.15, 0.2) is 6.86 Å². The lowest BCUT2D eigenvalue weighted by Gasteiger charge is -2.39. The van der Waals surface area contributed by atoms with Crippen molar-refractivity contribution in [2.24, 2.45) is 23.7 Å². The maximum atomic E-state index is 14.1. The van der Waals surface area contributed by atoms with Gasteiger partial charge in [0.25, 0.3) is 0 Å². The second-order valence-corrected chi connectivity index (χ2v) is 6.36. The lowest BCUT2D eigenvalue weighted by molar-refractivity contribution is 0.0104. The molecule has 3 heteroatoms. The molecule has 2 rings (SSSR count). The Kier molecular flexibility index (Phi) is 5.40. The molecule has 0 aliphatic heterocycles. The summed E-state index contributed by atoms with van der Waals surface area (Å²) in [4.78, 5) is 0. The SMILES string of the molecule is CC1CCC(C2CCC(COCF)CC2)C(F)C1.